The van der Waals surface area contributed by atoms with Crippen molar-refractivity contribution in [2.24, 2.45) is 11.8 Å². The van der Waals surface area contributed by atoms with Crippen LogP contribution in [0.5, 0.6) is 11.5 Å². The third-order valence-electron chi connectivity index (χ3n) is 5.25. The highest BCUT2D eigenvalue weighted by atomic mass is 127. The lowest BCUT2D eigenvalue weighted by molar-refractivity contribution is -0.0132. The largest absolute Gasteiger partial charge is 0.481 e. The lowest BCUT2D eigenvalue weighted by Gasteiger charge is -2.40. The monoisotopic (exact) mass is 512 g/mol. The Labute approximate surface area is 150 Å². The lowest BCUT2D eigenvalue weighted by atomic mass is 9.78. The molecule has 0 N–H and O–H groups in total. The van der Waals surface area contributed by atoms with E-state index in [9.17, 15) is 0 Å². The maximum atomic E-state index is 6.43. The minimum Gasteiger partial charge on any atom is -0.481 e. The van der Waals surface area contributed by atoms with Crippen LogP contribution in [0.1, 0.15) is 19.3 Å². The Balaban J connectivity index is 1.56. The van der Waals surface area contributed by atoms with Crippen LogP contribution < -0.4 is 9.47 Å². The van der Waals surface area contributed by atoms with Crippen molar-refractivity contribution in [2.75, 3.05) is 0 Å². The predicted octanol–water partition coefficient (Wildman–Crippen LogP) is 4.32. The third-order valence-corrected chi connectivity index (χ3v) is 8.53. The second-order valence-corrected chi connectivity index (χ2v) is 9.97. The lowest BCUT2D eigenvalue weighted by Crippen LogP contribution is -2.52. The van der Waals surface area contributed by atoms with Gasteiger partial charge in [-0.05, 0) is 82.0 Å². The summed E-state index contributed by atoms with van der Waals surface area (Å²) in [7, 11) is 0. The van der Waals surface area contributed by atoms with Crippen molar-refractivity contribution in [3.8, 4) is 11.5 Å². The molecule has 2 bridgehead atoms. The molecular formula is C15H14I2O2S. The van der Waals surface area contributed by atoms with Crippen molar-refractivity contribution in [3.05, 3.63) is 19.3 Å². The highest BCUT2D eigenvalue weighted by Gasteiger charge is 2.63. The molecular weight excluding hydrogens is 498 g/mol. The third kappa shape index (κ3) is 1.68. The molecule has 1 saturated carbocycles. The van der Waals surface area contributed by atoms with Crippen molar-refractivity contribution in [1.82, 2.24) is 0 Å². The molecule has 0 amide bonds. The van der Waals surface area contributed by atoms with Crippen molar-refractivity contribution in [3.63, 3.8) is 0 Å². The van der Waals surface area contributed by atoms with E-state index in [-0.39, 0.29) is 12.2 Å². The molecule has 1 aliphatic carbocycles. The highest BCUT2D eigenvalue weighted by molar-refractivity contribution is 14.1. The van der Waals surface area contributed by atoms with Crippen LogP contribution in [-0.4, -0.2) is 22.7 Å². The van der Waals surface area contributed by atoms with Crippen molar-refractivity contribution in [2.45, 2.75) is 42.0 Å². The number of ether oxygens (including phenoxy) is 2. The highest BCUT2D eigenvalue weighted by Crippen LogP contribution is 2.62. The summed E-state index contributed by atoms with van der Waals surface area (Å²) in [5.41, 5.74) is 0. The number of hydrogen-bond acceptors (Lipinski definition) is 3. The molecule has 5 heteroatoms. The van der Waals surface area contributed by atoms with E-state index < -0.39 is 0 Å². The summed E-state index contributed by atoms with van der Waals surface area (Å²) in [5, 5.41) is 1.34. The number of halogens is 2. The van der Waals surface area contributed by atoms with E-state index in [1.54, 1.807) is 0 Å². The SMILES string of the molecule is Ic1cc(I)c2c(c1)OC1C(O2)C2SC1C1CCCC12. The van der Waals surface area contributed by atoms with E-state index >= 15 is 0 Å². The standard InChI is InChI=1S/C15H14I2O2S/c16-6-4-9(17)11-10(5-6)18-12-13(19-11)15-8-3-1-2-7(8)14(12)20-15/h4-5,7-8,12-15H,1-3H2. The smallest absolute Gasteiger partial charge is 0.175 e. The van der Waals surface area contributed by atoms with Gasteiger partial charge < -0.3 is 9.47 Å². The molecule has 6 atom stereocenters. The molecule has 2 nitrogen and oxygen atoms in total. The molecule has 20 heavy (non-hydrogen) atoms. The Morgan fingerprint density at radius 1 is 1.00 bits per heavy atom. The van der Waals surface area contributed by atoms with Crippen LogP contribution in [0.25, 0.3) is 0 Å². The Bertz CT molecular complexity index is 593. The maximum Gasteiger partial charge on any atom is 0.175 e. The topological polar surface area (TPSA) is 18.5 Å². The molecule has 2 saturated heterocycles. The molecule has 1 aromatic rings. The zero-order valence-corrected chi connectivity index (χ0v) is 15.9. The Morgan fingerprint density at radius 2 is 1.70 bits per heavy atom. The summed E-state index contributed by atoms with van der Waals surface area (Å²) >= 11 is 6.88. The zero-order chi connectivity index (χ0) is 13.4. The minimum atomic E-state index is 0.283. The van der Waals surface area contributed by atoms with E-state index in [1.165, 1.54) is 26.4 Å². The fourth-order valence-electron chi connectivity index (χ4n) is 4.52. The molecule has 6 unspecified atom stereocenters. The summed E-state index contributed by atoms with van der Waals surface area (Å²) in [5.74, 6) is 3.72. The molecule has 3 heterocycles. The van der Waals surface area contributed by atoms with E-state index in [0.29, 0.717) is 10.5 Å². The molecule has 0 spiro atoms. The molecule has 3 aliphatic heterocycles. The first-order valence-electron chi connectivity index (χ1n) is 7.20. The first kappa shape index (κ1) is 13.1. The van der Waals surface area contributed by atoms with Crippen LogP contribution in [0.4, 0.5) is 0 Å². The number of benzene rings is 1. The van der Waals surface area contributed by atoms with Gasteiger partial charge in [-0.3, -0.25) is 0 Å². The quantitative estimate of drug-likeness (QED) is 0.483. The fourth-order valence-corrected chi connectivity index (χ4v) is 8.61. The Morgan fingerprint density at radius 3 is 2.45 bits per heavy atom. The summed E-state index contributed by atoms with van der Waals surface area (Å²) in [6.07, 6.45) is 4.78. The van der Waals surface area contributed by atoms with Gasteiger partial charge in [0, 0.05) is 14.1 Å². The fraction of sp³-hybridized carbons (Fsp3) is 0.600. The van der Waals surface area contributed by atoms with Gasteiger partial charge in [0.25, 0.3) is 0 Å². The molecule has 3 fully saturated rings. The molecule has 0 aromatic heterocycles. The van der Waals surface area contributed by atoms with Gasteiger partial charge in [-0.25, -0.2) is 0 Å². The van der Waals surface area contributed by atoms with Gasteiger partial charge in [0.15, 0.2) is 11.5 Å². The van der Waals surface area contributed by atoms with Gasteiger partial charge >= 0.3 is 0 Å². The normalized spacial score (nSPS) is 43.5. The number of fused-ring (bicyclic) bond motifs is 9. The first-order valence-corrected chi connectivity index (χ1v) is 10.3. The van der Waals surface area contributed by atoms with Crippen LogP contribution in [0.3, 0.4) is 0 Å². The van der Waals surface area contributed by atoms with Crippen LogP contribution in [0.2, 0.25) is 0 Å². The van der Waals surface area contributed by atoms with Gasteiger partial charge in [0.2, 0.25) is 0 Å². The van der Waals surface area contributed by atoms with Crippen LogP contribution in [0, 0.1) is 19.0 Å². The van der Waals surface area contributed by atoms with E-state index in [1.807, 2.05) is 0 Å². The number of rotatable bonds is 0. The number of thioether (sulfide) groups is 1. The van der Waals surface area contributed by atoms with E-state index in [2.05, 4.69) is 69.1 Å². The summed E-state index contributed by atoms with van der Waals surface area (Å²) < 4.78 is 15.2. The number of hydrogen-bond donors (Lipinski definition) is 0. The first-order chi connectivity index (χ1) is 9.72. The van der Waals surface area contributed by atoms with E-state index in [0.717, 1.165) is 23.3 Å². The van der Waals surface area contributed by atoms with Gasteiger partial charge in [-0.15, -0.1) is 11.8 Å². The van der Waals surface area contributed by atoms with Gasteiger partial charge in [0.05, 0.1) is 3.57 Å². The average Bonchev–Trinajstić information content (AvgIpc) is 3.07. The van der Waals surface area contributed by atoms with Gasteiger partial charge in [0.1, 0.15) is 12.2 Å². The Kier molecular flexibility index (Phi) is 2.99. The van der Waals surface area contributed by atoms with Crippen molar-refractivity contribution >= 4 is 56.9 Å². The molecule has 0 radical (unpaired) electrons. The van der Waals surface area contributed by atoms with Crippen LogP contribution in [0.15, 0.2) is 12.1 Å². The van der Waals surface area contributed by atoms with Gasteiger partial charge in [-0.2, -0.15) is 0 Å². The molecule has 4 aliphatic rings. The molecule has 106 valence electrons. The summed E-state index contributed by atoms with van der Waals surface area (Å²) in [6.45, 7) is 0. The maximum absolute atomic E-state index is 6.43. The zero-order valence-electron chi connectivity index (χ0n) is 10.7. The molecule has 1 aromatic carbocycles. The van der Waals surface area contributed by atoms with E-state index in [4.69, 9.17) is 9.47 Å². The summed E-state index contributed by atoms with van der Waals surface area (Å²) in [4.78, 5) is 0. The Hall–Kier alpha value is 0.630. The van der Waals surface area contributed by atoms with Crippen LogP contribution >= 0.6 is 56.9 Å². The van der Waals surface area contributed by atoms with Crippen LogP contribution in [-0.2, 0) is 0 Å². The van der Waals surface area contributed by atoms with Crippen molar-refractivity contribution < 1.29 is 9.47 Å². The molecule has 5 rings (SSSR count). The minimum absolute atomic E-state index is 0.283. The van der Waals surface area contributed by atoms with Crippen molar-refractivity contribution in [1.29, 1.82) is 0 Å². The van der Waals surface area contributed by atoms with Gasteiger partial charge in [-0.1, -0.05) is 6.42 Å². The second kappa shape index (κ2) is 4.57. The average molecular weight is 512 g/mol. The summed E-state index contributed by atoms with van der Waals surface area (Å²) in [6, 6.07) is 4.29. The second-order valence-electron chi connectivity index (χ2n) is 6.20. The predicted molar refractivity (Wildman–Crippen MR) is 96.7 cm³/mol.